The van der Waals surface area contributed by atoms with Crippen LogP contribution in [0.3, 0.4) is 0 Å². The van der Waals surface area contributed by atoms with Crippen molar-refractivity contribution in [2.75, 3.05) is 5.32 Å². The number of hydrogen-bond acceptors (Lipinski definition) is 4. The van der Waals surface area contributed by atoms with Crippen LogP contribution in [0.1, 0.15) is 23.6 Å². The van der Waals surface area contributed by atoms with E-state index in [0.29, 0.717) is 26.9 Å². The highest BCUT2D eigenvalue weighted by atomic mass is 35.5. The Balaban J connectivity index is 1.77. The zero-order valence-electron chi connectivity index (χ0n) is 19.7. The number of nitrogens with zero attached hydrogens (tertiary/aromatic N) is 2. The lowest BCUT2D eigenvalue weighted by molar-refractivity contribution is -0.115. The van der Waals surface area contributed by atoms with Gasteiger partial charge in [-0.2, -0.15) is 5.26 Å². The second-order valence-electron chi connectivity index (χ2n) is 8.26. The van der Waals surface area contributed by atoms with E-state index < -0.39 is 5.25 Å². The first-order valence-electron chi connectivity index (χ1n) is 11.2. The molecule has 0 aliphatic heterocycles. The molecule has 4 rings (SSSR count). The van der Waals surface area contributed by atoms with Crippen LogP contribution in [0.4, 0.5) is 5.69 Å². The summed E-state index contributed by atoms with van der Waals surface area (Å²) in [5, 5.41) is 13.7. The summed E-state index contributed by atoms with van der Waals surface area (Å²) >= 11 is 7.79. The molecule has 4 aromatic rings. The largest absolute Gasteiger partial charge is 0.325 e. The van der Waals surface area contributed by atoms with Gasteiger partial charge in [-0.1, -0.05) is 89.6 Å². The fourth-order valence-corrected chi connectivity index (χ4v) is 4.81. The summed E-state index contributed by atoms with van der Waals surface area (Å²) in [4.78, 5) is 17.8. The number of thioether (sulfide) groups is 1. The van der Waals surface area contributed by atoms with Crippen LogP contribution in [0.5, 0.6) is 0 Å². The molecule has 6 heteroatoms. The van der Waals surface area contributed by atoms with Gasteiger partial charge < -0.3 is 5.32 Å². The van der Waals surface area contributed by atoms with Crippen molar-refractivity contribution >= 4 is 35.0 Å². The minimum Gasteiger partial charge on any atom is -0.325 e. The van der Waals surface area contributed by atoms with E-state index in [4.69, 9.17) is 16.6 Å². The van der Waals surface area contributed by atoms with Crippen LogP contribution in [-0.4, -0.2) is 16.1 Å². The van der Waals surface area contributed by atoms with Crippen molar-refractivity contribution in [3.8, 4) is 28.5 Å². The van der Waals surface area contributed by atoms with Crippen LogP contribution < -0.4 is 5.32 Å². The first-order valence-corrected chi connectivity index (χ1v) is 12.4. The van der Waals surface area contributed by atoms with E-state index in [1.165, 1.54) is 11.8 Å². The summed E-state index contributed by atoms with van der Waals surface area (Å²) in [6.45, 7) is 5.79. The summed E-state index contributed by atoms with van der Waals surface area (Å²) in [6.07, 6.45) is 0. The normalized spacial score (nSPS) is 11.5. The Morgan fingerprint density at radius 2 is 1.69 bits per heavy atom. The molecule has 0 unspecified atom stereocenters. The van der Waals surface area contributed by atoms with Gasteiger partial charge in [0.1, 0.15) is 11.1 Å². The summed E-state index contributed by atoms with van der Waals surface area (Å²) in [5.74, 6) is -0.157. The quantitative estimate of drug-likeness (QED) is 0.277. The van der Waals surface area contributed by atoms with E-state index in [1.807, 2.05) is 93.6 Å². The highest BCUT2D eigenvalue weighted by molar-refractivity contribution is 8.00. The highest BCUT2D eigenvalue weighted by Crippen LogP contribution is 2.38. The smallest absolute Gasteiger partial charge is 0.237 e. The van der Waals surface area contributed by atoms with E-state index in [-0.39, 0.29) is 5.91 Å². The van der Waals surface area contributed by atoms with Crippen molar-refractivity contribution in [3.05, 3.63) is 101 Å². The summed E-state index contributed by atoms with van der Waals surface area (Å²) in [7, 11) is 0. The van der Waals surface area contributed by atoms with Crippen molar-refractivity contribution in [1.29, 1.82) is 5.26 Å². The summed E-state index contributed by atoms with van der Waals surface area (Å²) < 4.78 is 0. The molecule has 1 heterocycles. The van der Waals surface area contributed by atoms with Gasteiger partial charge in [-0.05, 0) is 44.5 Å². The lowest BCUT2D eigenvalue weighted by Gasteiger charge is -2.17. The van der Waals surface area contributed by atoms with Gasteiger partial charge in [0.2, 0.25) is 5.91 Å². The molecule has 1 N–H and O–H groups in total. The average molecular weight is 498 g/mol. The molecular formula is C29H24ClN3OS. The van der Waals surface area contributed by atoms with Gasteiger partial charge in [0, 0.05) is 27.4 Å². The Bertz CT molecular complexity index is 1430. The SMILES string of the molecule is Cc1ccc(-c2cc(-c3ccccc3Cl)c(C#N)c(S[C@@H](C)C(=O)Nc3ccccc3C)n2)cc1. The van der Waals surface area contributed by atoms with Gasteiger partial charge >= 0.3 is 0 Å². The Morgan fingerprint density at radius 1 is 1.00 bits per heavy atom. The number of rotatable bonds is 6. The molecule has 0 fully saturated rings. The van der Waals surface area contributed by atoms with Crippen molar-refractivity contribution in [2.45, 2.75) is 31.0 Å². The molecule has 4 nitrogen and oxygen atoms in total. The second-order valence-corrected chi connectivity index (χ2v) is 9.99. The second kappa shape index (κ2) is 10.8. The maximum Gasteiger partial charge on any atom is 0.237 e. The zero-order valence-corrected chi connectivity index (χ0v) is 21.2. The predicted molar refractivity (Wildman–Crippen MR) is 145 cm³/mol. The van der Waals surface area contributed by atoms with Gasteiger partial charge in [0.05, 0.1) is 16.5 Å². The van der Waals surface area contributed by atoms with Crippen LogP contribution in [0, 0.1) is 25.2 Å². The molecule has 0 saturated carbocycles. The third-order valence-electron chi connectivity index (χ3n) is 5.67. The molecule has 35 heavy (non-hydrogen) atoms. The number of aryl methyl sites for hydroxylation is 2. The van der Waals surface area contributed by atoms with Crippen molar-refractivity contribution < 1.29 is 4.79 Å². The Kier molecular flexibility index (Phi) is 7.55. The van der Waals surface area contributed by atoms with Gasteiger partial charge in [0.15, 0.2) is 0 Å². The number of nitrogens with one attached hydrogen (secondary N) is 1. The molecule has 0 radical (unpaired) electrons. The summed E-state index contributed by atoms with van der Waals surface area (Å²) in [6, 6.07) is 27.3. The third-order valence-corrected chi connectivity index (χ3v) is 7.09. The first kappa shape index (κ1) is 24.5. The minimum absolute atomic E-state index is 0.157. The fraction of sp³-hybridized carbons (Fsp3) is 0.138. The number of halogens is 1. The summed E-state index contributed by atoms with van der Waals surface area (Å²) in [5.41, 5.74) is 6.37. The van der Waals surface area contributed by atoms with Crippen molar-refractivity contribution in [3.63, 3.8) is 0 Å². The van der Waals surface area contributed by atoms with E-state index in [9.17, 15) is 10.1 Å². The van der Waals surface area contributed by atoms with E-state index >= 15 is 0 Å². The van der Waals surface area contributed by atoms with Crippen LogP contribution in [-0.2, 0) is 4.79 Å². The van der Waals surface area contributed by atoms with Gasteiger partial charge in [0.25, 0.3) is 0 Å². The average Bonchev–Trinajstić information content (AvgIpc) is 2.85. The zero-order chi connectivity index (χ0) is 24.9. The first-order chi connectivity index (χ1) is 16.9. The molecule has 0 saturated heterocycles. The molecule has 0 bridgehead atoms. The maximum absolute atomic E-state index is 13.0. The standard InChI is InChI=1S/C29H24ClN3OS/c1-18-12-14-21(15-13-18)27-16-23(22-9-5-6-10-25(22)30)24(17-31)29(33-27)35-20(3)28(34)32-26-11-7-4-8-19(26)2/h4-16,20H,1-3H3,(H,32,34)/t20-/m0/s1. The molecule has 0 spiro atoms. The number of nitriles is 1. The number of amides is 1. The van der Waals surface area contributed by atoms with Gasteiger partial charge in [-0.3, -0.25) is 4.79 Å². The number of benzene rings is 3. The van der Waals surface area contributed by atoms with E-state index in [1.54, 1.807) is 6.07 Å². The molecule has 1 atom stereocenters. The third kappa shape index (κ3) is 5.57. The van der Waals surface area contributed by atoms with Crippen molar-refractivity contribution in [1.82, 2.24) is 4.98 Å². The molecule has 1 aromatic heterocycles. The number of carbonyl (C=O) groups excluding carboxylic acids is 1. The Hall–Kier alpha value is -3.59. The predicted octanol–water partition coefficient (Wildman–Crippen LogP) is 7.68. The molecule has 0 aliphatic carbocycles. The number of anilines is 1. The van der Waals surface area contributed by atoms with Crippen LogP contribution >= 0.6 is 23.4 Å². The number of aromatic nitrogens is 1. The lowest BCUT2D eigenvalue weighted by Crippen LogP contribution is -2.23. The molecule has 1 amide bonds. The number of para-hydroxylation sites is 1. The lowest BCUT2D eigenvalue weighted by atomic mass is 9.99. The number of carbonyl (C=O) groups is 1. The van der Waals surface area contributed by atoms with E-state index in [0.717, 1.165) is 27.9 Å². The maximum atomic E-state index is 13.0. The van der Waals surface area contributed by atoms with Gasteiger partial charge in [-0.25, -0.2) is 4.98 Å². The Morgan fingerprint density at radius 3 is 2.37 bits per heavy atom. The molecule has 174 valence electrons. The number of pyridine rings is 1. The molecule has 3 aromatic carbocycles. The molecular weight excluding hydrogens is 474 g/mol. The van der Waals surface area contributed by atoms with Crippen LogP contribution in [0.25, 0.3) is 22.4 Å². The Labute approximate surface area is 215 Å². The number of hydrogen-bond donors (Lipinski definition) is 1. The van der Waals surface area contributed by atoms with Crippen LogP contribution in [0.2, 0.25) is 5.02 Å². The topological polar surface area (TPSA) is 65.8 Å². The van der Waals surface area contributed by atoms with Crippen molar-refractivity contribution in [2.24, 2.45) is 0 Å². The monoisotopic (exact) mass is 497 g/mol. The van der Waals surface area contributed by atoms with Crippen LogP contribution in [0.15, 0.2) is 83.9 Å². The van der Waals surface area contributed by atoms with Gasteiger partial charge in [-0.15, -0.1) is 0 Å². The van der Waals surface area contributed by atoms with E-state index in [2.05, 4.69) is 11.4 Å². The fourth-order valence-electron chi connectivity index (χ4n) is 3.65. The highest BCUT2D eigenvalue weighted by Gasteiger charge is 2.22. The minimum atomic E-state index is -0.485. The molecule has 0 aliphatic rings.